The van der Waals surface area contributed by atoms with Crippen LogP contribution in [0.25, 0.3) is 0 Å². The van der Waals surface area contributed by atoms with Gasteiger partial charge < -0.3 is 20.0 Å². The lowest BCUT2D eigenvalue weighted by molar-refractivity contribution is -0.254. The number of unbranched alkanes of at least 4 members (excludes halogenated alkanes) is 1. The maximum absolute atomic E-state index is 9.94. The van der Waals surface area contributed by atoms with Crippen LogP contribution in [0.15, 0.2) is 0 Å². The van der Waals surface area contributed by atoms with Crippen LogP contribution in [-0.4, -0.2) is 18.9 Å². The third-order valence-corrected chi connectivity index (χ3v) is 1.19. The van der Waals surface area contributed by atoms with Gasteiger partial charge in [0.15, 0.2) is 0 Å². The van der Waals surface area contributed by atoms with Crippen LogP contribution in [0, 0.1) is 0 Å². The van der Waals surface area contributed by atoms with E-state index in [2.05, 4.69) is 5.32 Å². The highest BCUT2D eigenvalue weighted by Gasteiger charge is 1.97. The second-order valence-electron chi connectivity index (χ2n) is 2.30. The first kappa shape index (κ1) is 10.2. The first-order chi connectivity index (χ1) is 5.16. The van der Waals surface area contributed by atoms with Crippen molar-refractivity contribution in [3.05, 3.63) is 0 Å². The Morgan fingerprint density at radius 1 is 1.73 bits per heavy atom. The van der Waals surface area contributed by atoms with E-state index in [1.165, 1.54) is 0 Å². The third-order valence-electron chi connectivity index (χ3n) is 1.19. The van der Waals surface area contributed by atoms with Crippen LogP contribution in [-0.2, 0) is 4.74 Å². The molecule has 11 heavy (non-hydrogen) atoms. The molecule has 0 spiro atoms. The normalized spacial score (nSPS) is 12.5. The number of rotatable bonds is 5. The van der Waals surface area contributed by atoms with E-state index in [9.17, 15) is 9.90 Å². The second-order valence-corrected chi connectivity index (χ2v) is 2.30. The van der Waals surface area contributed by atoms with Gasteiger partial charge in [0.1, 0.15) is 12.3 Å². The minimum Gasteiger partial charge on any atom is -0.530 e. The van der Waals surface area contributed by atoms with Crippen molar-refractivity contribution in [3.63, 3.8) is 0 Å². The molecule has 4 nitrogen and oxygen atoms in total. The summed E-state index contributed by atoms with van der Waals surface area (Å²) in [5.74, 6) is 0. The lowest BCUT2D eigenvalue weighted by atomic mass is 10.4. The van der Waals surface area contributed by atoms with Gasteiger partial charge in [0.25, 0.3) is 0 Å². The Morgan fingerprint density at radius 2 is 2.36 bits per heavy atom. The van der Waals surface area contributed by atoms with E-state index in [1.54, 1.807) is 6.92 Å². The summed E-state index contributed by atoms with van der Waals surface area (Å²) in [5.41, 5.74) is 0. The van der Waals surface area contributed by atoms with Crippen molar-refractivity contribution in [3.8, 4) is 0 Å². The third kappa shape index (κ3) is 7.12. The summed E-state index contributed by atoms with van der Waals surface area (Å²) in [6.07, 6.45) is 0.220. The van der Waals surface area contributed by atoms with Crippen molar-refractivity contribution in [2.75, 3.05) is 6.61 Å². The highest BCUT2D eigenvalue weighted by Crippen LogP contribution is 1.91. The number of amides is 1. The zero-order chi connectivity index (χ0) is 8.69. The molecule has 0 bridgehead atoms. The zero-order valence-electron chi connectivity index (χ0n) is 6.92. The molecule has 66 valence electrons. The van der Waals surface area contributed by atoms with Crippen LogP contribution >= 0.6 is 0 Å². The molecule has 1 atom stereocenters. The Labute approximate surface area is 66.5 Å². The van der Waals surface area contributed by atoms with E-state index in [1.807, 2.05) is 6.92 Å². The van der Waals surface area contributed by atoms with Crippen LogP contribution in [0.3, 0.4) is 0 Å². The van der Waals surface area contributed by atoms with Crippen LogP contribution in [0.4, 0.5) is 4.79 Å². The monoisotopic (exact) mass is 160 g/mol. The molecule has 1 unspecified atom stereocenters. The van der Waals surface area contributed by atoms with Gasteiger partial charge in [-0.2, -0.15) is 0 Å². The predicted molar refractivity (Wildman–Crippen MR) is 38.9 cm³/mol. The molecule has 0 radical (unpaired) electrons. The fraction of sp³-hybridized carbons (Fsp3) is 0.857. The minimum atomic E-state index is -1.30. The maximum Gasteiger partial charge on any atom is 0.136 e. The first-order valence-corrected chi connectivity index (χ1v) is 3.76. The summed E-state index contributed by atoms with van der Waals surface area (Å²) in [5, 5.41) is 12.0. The molecule has 0 saturated carbocycles. The van der Waals surface area contributed by atoms with Crippen molar-refractivity contribution in [1.82, 2.24) is 5.32 Å². The Hall–Kier alpha value is -0.770. The predicted octanol–water partition coefficient (Wildman–Crippen LogP) is 0.0820. The van der Waals surface area contributed by atoms with Gasteiger partial charge in [-0.1, -0.05) is 13.3 Å². The highest BCUT2D eigenvalue weighted by atomic mass is 16.5. The molecule has 0 fully saturated rings. The van der Waals surface area contributed by atoms with Crippen molar-refractivity contribution >= 4 is 6.09 Å². The SMILES string of the molecule is CCCCOC(C)NC(=O)[O-]. The van der Waals surface area contributed by atoms with Crippen LogP contribution < -0.4 is 10.4 Å². The second kappa shape index (κ2) is 5.97. The van der Waals surface area contributed by atoms with E-state index >= 15 is 0 Å². The summed E-state index contributed by atoms with van der Waals surface area (Å²) in [6, 6.07) is 0. The number of carbonyl (C=O) groups is 1. The Kier molecular flexibility index (Phi) is 5.56. The molecular weight excluding hydrogens is 146 g/mol. The van der Waals surface area contributed by atoms with Gasteiger partial charge in [-0.05, 0) is 13.3 Å². The molecule has 0 saturated heterocycles. The standard InChI is InChI=1S/C7H15NO3/c1-3-4-5-11-6(2)8-7(9)10/h6,8H,3-5H2,1-2H3,(H,9,10)/p-1. The summed E-state index contributed by atoms with van der Waals surface area (Å²) in [6.45, 7) is 4.25. The van der Waals surface area contributed by atoms with Gasteiger partial charge in [0.05, 0.1) is 0 Å². The summed E-state index contributed by atoms with van der Waals surface area (Å²) >= 11 is 0. The number of hydrogen-bond acceptors (Lipinski definition) is 3. The molecule has 0 aliphatic carbocycles. The molecule has 0 aromatic heterocycles. The number of carbonyl (C=O) groups excluding carboxylic acids is 1. The van der Waals surface area contributed by atoms with Crippen molar-refractivity contribution in [2.24, 2.45) is 0 Å². The molecule has 0 aromatic rings. The fourth-order valence-corrected chi connectivity index (χ4v) is 0.612. The smallest absolute Gasteiger partial charge is 0.136 e. The highest BCUT2D eigenvalue weighted by molar-refractivity contribution is 5.61. The summed E-state index contributed by atoms with van der Waals surface area (Å²) in [4.78, 5) is 9.94. The Balaban J connectivity index is 3.22. The van der Waals surface area contributed by atoms with Crippen molar-refractivity contribution in [1.29, 1.82) is 0 Å². The van der Waals surface area contributed by atoms with Gasteiger partial charge in [0.2, 0.25) is 0 Å². The number of hydrogen-bond donors (Lipinski definition) is 1. The van der Waals surface area contributed by atoms with Gasteiger partial charge in [-0.3, -0.25) is 0 Å². The van der Waals surface area contributed by atoms with Gasteiger partial charge >= 0.3 is 0 Å². The molecule has 0 aliphatic rings. The fourth-order valence-electron chi connectivity index (χ4n) is 0.612. The van der Waals surface area contributed by atoms with Crippen molar-refractivity contribution < 1.29 is 14.6 Å². The topological polar surface area (TPSA) is 61.4 Å². The Bertz CT molecular complexity index is 116. The number of ether oxygens (including phenoxy) is 1. The van der Waals surface area contributed by atoms with Gasteiger partial charge in [-0.15, -0.1) is 0 Å². The molecule has 0 rings (SSSR count). The largest absolute Gasteiger partial charge is 0.530 e. The summed E-state index contributed by atoms with van der Waals surface area (Å²) < 4.78 is 5.06. The first-order valence-electron chi connectivity index (χ1n) is 3.76. The minimum absolute atomic E-state index is 0.466. The van der Waals surface area contributed by atoms with E-state index in [4.69, 9.17) is 4.74 Å². The van der Waals surface area contributed by atoms with Gasteiger partial charge in [0, 0.05) is 6.61 Å². The molecule has 4 heteroatoms. The van der Waals surface area contributed by atoms with Crippen LogP contribution in [0.2, 0.25) is 0 Å². The lowest BCUT2D eigenvalue weighted by Crippen LogP contribution is -2.43. The Morgan fingerprint density at radius 3 is 2.82 bits per heavy atom. The van der Waals surface area contributed by atoms with Crippen LogP contribution in [0.5, 0.6) is 0 Å². The van der Waals surface area contributed by atoms with Crippen molar-refractivity contribution in [2.45, 2.75) is 32.9 Å². The average Bonchev–Trinajstić information content (AvgIpc) is 1.86. The van der Waals surface area contributed by atoms with Crippen LogP contribution in [0.1, 0.15) is 26.7 Å². The molecule has 0 heterocycles. The van der Waals surface area contributed by atoms with E-state index in [0.29, 0.717) is 6.61 Å². The summed E-state index contributed by atoms with van der Waals surface area (Å²) in [7, 11) is 0. The number of carboxylic acid groups (broad SMARTS) is 1. The quantitative estimate of drug-likeness (QED) is 0.457. The van der Waals surface area contributed by atoms with Gasteiger partial charge in [-0.25, -0.2) is 0 Å². The van der Waals surface area contributed by atoms with E-state index < -0.39 is 12.3 Å². The molecular formula is C7H14NO3-. The molecule has 0 aliphatic heterocycles. The average molecular weight is 160 g/mol. The number of nitrogens with one attached hydrogen (secondary N) is 1. The van der Waals surface area contributed by atoms with E-state index in [-0.39, 0.29) is 0 Å². The maximum atomic E-state index is 9.94. The zero-order valence-corrected chi connectivity index (χ0v) is 6.92. The molecule has 1 amide bonds. The van der Waals surface area contributed by atoms with E-state index in [0.717, 1.165) is 12.8 Å². The molecule has 0 aromatic carbocycles. The lowest BCUT2D eigenvalue weighted by Gasteiger charge is -2.15. The molecule has 1 N–H and O–H groups in total.